The Kier molecular flexibility index (Phi) is 8.46. The first kappa shape index (κ1) is 21.6. The van der Waals surface area contributed by atoms with Crippen LogP contribution in [0, 0.1) is 0 Å². The minimum Gasteiger partial charge on any atom is -0.378 e. The fourth-order valence-corrected chi connectivity index (χ4v) is 6.49. The summed E-state index contributed by atoms with van der Waals surface area (Å²) in [4.78, 5) is 12.5. The number of ketones is 1. The van der Waals surface area contributed by atoms with Crippen molar-refractivity contribution in [2.75, 3.05) is 0 Å². The van der Waals surface area contributed by atoms with Crippen molar-refractivity contribution in [3.8, 4) is 0 Å². The number of ether oxygens (including phenoxy) is 1. The van der Waals surface area contributed by atoms with E-state index in [0.717, 1.165) is 12.0 Å². The van der Waals surface area contributed by atoms with Crippen molar-refractivity contribution < 1.29 is 9.53 Å². The van der Waals surface area contributed by atoms with Gasteiger partial charge in [-0.15, -0.1) is 0 Å². The first-order valence-electron chi connectivity index (χ1n) is 10.2. The Bertz CT molecular complexity index is 682. The molecule has 2 rings (SSSR count). The molecule has 0 saturated heterocycles. The molecule has 146 valence electrons. The van der Waals surface area contributed by atoms with Gasteiger partial charge in [-0.25, -0.2) is 0 Å². The third-order valence-corrected chi connectivity index (χ3v) is 9.21. The molecule has 2 atom stereocenters. The maximum atomic E-state index is 12.5. The van der Waals surface area contributed by atoms with Gasteiger partial charge in [-0.05, 0) is 13.3 Å². The summed E-state index contributed by atoms with van der Waals surface area (Å²) in [7, 11) is -1.79. The topological polar surface area (TPSA) is 26.3 Å². The summed E-state index contributed by atoms with van der Waals surface area (Å²) in [6.07, 6.45) is 5.07. The van der Waals surface area contributed by atoms with E-state index in [0.29, 0.717) is 6.42 Å². The Morgan fingerprint density at radius 2 is 1.56 bits per heavy atom. The number of hydrogen-bond donors (Lipinski definition) is 0. The molecule has 2 nitrogen and oxygen atoms in total. The zero-order valence-corrected chi connectivity index (χ0v) is 18.3. The quantitative estimate of drug-likeness (QED) is 0.280. The predicted octanol–water partition coefficient (Wildman–Crippen LogP) is 5.77. The lowest BCUT2D eigenvalue weighted by molar-refractivity contribution is 0.0271. The number of rotatable bonds is 11. The molecule has 0 aliphatic heterocycles. The number of Topliss-reactive ketones (excluding diaryl/α,β-unsaturated/α-hetero) is 1. The molecule has 0 aliphatic rings. The molecule has 0 radical (unpaired) electrons. The maximum absolute atomic E-state index is 12.5. The molecule has 27 heavy (non-hydrogen) atoms. The highest BCUT2D eigenvalue weighted by Gasteiger charge is 2.35. The van der Waals surface area contributed by atoms with Gasteiger partial charge in [0.15, 0.2) is 5.78 Å². The second-order valence-corrected chi connectivity index (χ2v) is 12.7. The van der Waals surface area contributed by atoms with Gasteiger partial charge in [-0.3, -0.25) is 4.79 Å². The molecule has 0 bridgehead atoms. The van der Waals surface area contributed by atoms with Crippen LogP contribution in [0.15, 0.2) is 60.7 Å². The molecule has 2 aromatic carbocycles. The van der Waals surface area contributed by atoms with E-state index in [1.54, 1.807) is 0 Å². The molecule has 3 heteroatoms. The molecule has 0 amide bonds. The number of carbonyl (C=O) groups is 1. The van der Waals surface area contributed by atoms with E-state index < -0.39 is 8.07 Å². The molecule has 2 aromatic rings. The average molecular weight is 383 g/mol. The van der Waals surface area contributed by atoms with Gasteiger partial charge in [0.25, 0.3) is 0 Å². The van der Waals surface area contributed by atoms with Crippen LogP contribution in [0.25, 0.3) is 0 Å². The van der Waals surface area contributed by atoms with E-state index in [1.165, 1.54) is 24.4 Å². The minimum atomic E-state index is -1.79. The Balaban J connectivity index is 2.08. The fraction of sp³-hybridized carbons (Fsp3) is 0.458. The lowest BCUT2D eigenvalue weighted by Gasteiger charge is -2.35. The van der Waals surface area contributed by atoms with Crippen molar-refractivity contribution in [2.45, 2.75) is 70.9 Å². The predicted molar refractivity (Wildman–Crippen MR) is 117 cm³/mol. The van der Waals surface area contributed by atoms with E-state index in [-0.39, 0.29) is 17.6 Å². The van der Waals surface area contributed by atoms with Crippen molar-refractivity contribution in [3.63, 3.8) is 0 Å². The monoisotopic (exact) mass is 382 g/mol. The second kappa shape index (κ2) is 10.6. The second-order valence-electron chi connectivity index (χ2n) is 8.01. The van der Waals surface area contributed by atoms with Crippen molar-refractivity contribution in [1.29, 1.82) is 0 Å². The largest absolute Gasteiger partial charge is 0.378 e. The molecule has 0 fully saturated rings. The molecule has 0 heterocycles. The first-order valence-corrected chi connectivity index (χ1v) is 13.3. The number of carbonyl (C=O) groups excluding carboxylic acids is 1. The third-order valence-electron chi connectivity index (χ3n) is 5.36. The van der Waals surface area contributed by atoms with Crippen LogP contribution in [0.1, 0.15) is 56.3 Å². The van der Waals surface area contributed by atoms with Crippen molar-refractivity contribution in [2.24, 2.45) is 0 Å². The summed E-state index contributed by atoms with van der Waals surface area (Å²) in [6.45, 7) is 9.06. The van der Waals surface area contributed by atoms with Crippen LogP contribution >= 0.6 is 0 Å². The van der Waals surface area contributed by atoms with Crippen molar-refractivity contribution in [1.82, 2.24) is 0 Å². The van der Waals surface area contributed by atoms with Gasteiger partial charge in [-0.2, -0.15) is 0 Å². The smallest absolute Gasteiger partial charge is 0.165 e. The van der Waals surface area contributed by atoms with E-state index in [2.05, 4.69) is 50.3 Å². The Morgan fingerprint density at radius 1 is 0.963 bits per heavy atom. The lowest BCUT2D eigenvalue weighted by Crippen LogP contribution is -2.54. The van der Waals surface area contributed by atoms with Crippen LogP contribution < -0.4 is 5.19 Å². The van der Waals surface area contributed by atoms with Crippen LogP contribution in [-0.4, -0.2) is 25.7 Å². The van der Waals surface area contributed by atoms with Crippen LogP contribution in [-0.2, 0) is 4.74 Å². The Labute approximate surface area is 166 Å². The molecular formula is C24H34O2Si. The fourth-order valence-electron chi connectivity index (χ4n) is 3.56. The summed E-state index contributed by atoms with van der Waals surface area (Å²) < 4.78 is 6.55. The highest BCUT2D eigenvalue weighted by molar-refractivity contribution is 6.90. The van der Waals surface area contributed by atoms with E-state index in [1.807, 2.05) is 37.3 Å². The summed E-state index contributed by atoms with van der Waals surface area (Å²) in [5.74, 6) is 0.162. The summed E-state index contributed by atoms with van der Waals surface area (Å²) in [6, 6.07) is 20.3. The first-order chi connectivity index (χ1) is 12.9. The van der Waals surface area contributed by atoms with Crippen LogP contribution in [0.2, 0.25) is 13.1 Å². The highest BCUT2D eigenvalue weighted by atomic mass is 28.3. The number of benzene rings is 2. The van der Waals surface area contributed by atoms with E-state index in [4.69, 9.17) is 4.74 Å². The normalized spacial score (nSPS) is 13.9. The standard InChI is InChI=1S/C24H34O2Si/c1-5-6-9-18-24(27(3,4)22-16-12-8-13-17-22)26-20(2)19-23(25)21-14-10-7-11-15-21/h7-8,10-17,20,24H,5-6,9,18-19H2,1-4H3/t20-,24-/m0/s1. The SMILES string of the molecule is CCCCC[C@@H](O[C@@H](C)CC(=O)c1ccccc1)[Si](C)(C)c1ccccc1. The Morgan fingerprint density at radius 3 is 2.15 bits per heavy atom. The van der Waals surface area contributed by atoms with Gasteiger partial charge in [0.1, 0.15) is 8.07 Å². The third kappa shape index (κ3) is 6.44. The van der Waals surface area contributed by atoms with Gasteiger partial charge in [-0.1, -0.05) is 105 Å². The van der Waals surface area contributed by atoms with Gasteiger partial charge >= 0.3 is 0 Å². The molecule has 0 aromatic heterocycles. The highest BCUT2D eigenvalue weighted by Crippen LogP contribution is 2.22. The molecular weight excluding hydrogens is 348 g/mol. The average Bonchev–Trinajstić information content (AvgIpc) is 2.68. The molecule has 0 unspecified atom stereocenters. The number of unbranched alkanes of at least 4 members (excludes halogenated alkanes) is 2. The van der Waals surface area contributed by atoms with Crippen molar-refractivity contribution in [3.05, 3.63) is 66.2 Å². The lowest BCUT2D eigenvalue weighted by atomic mass is 10.1. The van der Waals surface area contributed by atoms with Gasteiger partial charge < -0.3 is 4.74 Å². The zero-order chi connectivity index (χ0) is 19.7. The number of hydrogen-bond acceptors (Lipinski definition) is 2. The molecule has 0 saturated carbocycles. The van der Waals surface area contributed by atoms with E-state index in [9.17, 15) is 4.79 Å². The van der Waals surface area contributed by atoms with Crippen molar-refractivity contribution >= 4 is 19.0 Å². The van der Waals surface area contributed by atoms with Gasteiger partial charge in [0, 0.05) is 12.0 Å². The minimum absolute atomic E-state index is 0.0696. The summed E-state index contributed by atoms with van der Waals surface area (Å²) in [5, 5.41) is 1.42. The van der Waals surface area contributed by atoms with Gasteiger partial charge in [0.2, 0.25) is 0 Å². The zero-order valence-electron chi connectivity index (χ0n) is 17.3. The van der Waals surface area contributed by atoms with Crippen LogP contribution in [0.5, 0.6) is 0 Å². The molecule has 0 aliphatic carbocycles. The van der Waals surface area contributed by atoms with Crippen LogP contribution in [0.4, 0.5) is 0 Å². The molecule has 0 spiro atoms. The molecule has 0 N–H and O–H groups in total. The van der Waals surface area contributed by atoms with Crippen LogP contribution in [0.3, 0.4) is 0 Å². The van der Waals surface area contributed by atoms with E-state index >= 15 is 0 Å². The summed E-state index contributed by atoms with van der Waals surface area (Å²) in [5.41, 5.74) is 1.00. The summed E-state index contributed by atoms with van der Waals surface area (Å²) >= 11 is 0. The van der Waals surface area contributed by atoms with Gasteiger partial charge in [0.05, 0.1) is 11.8 Å². The maximum Gasteiger partial charge on any atom is 0.165 e. The Hall–Kier alpha value is -1.71.